The van der Waals surface area contributed by atoms with Crippen LogP contribution in [0.3, 0.4) is 0 Å². The van der Waals surface area contributed by atoms with Crippen molar-refractivity contribution in [1.82, 2.24) is 13.7 Å². The van der Waals surface area contributed by atoms with E-state index in [1.807, 2.05) is 24.3 Å². The van der Waals surface area contributed by atoms with E-state index in [2.05, 4.69) is 347 Å². The number of aromatic nitrogens is 3. The second-order valence-electron chi connectivity index (χ2n) is 25.0. The first kappa shape index (κ1) is 56.4. The summed E-state index contributed by atoms with van der Waals surface area (Å²) in [5.41, 5.74) is 27.2. The lowest BCUT2D eigenvalue weighted by atomic mass is 9.90. The Morgan fingerprint density at radius 3 is 0.608 bits per heavy atom. The van der Waals surface area contributed by atoms with Crippen LogP contribution in [-0.2, 0) is 0 Å². The zero-order valence-corrected chi connectivity index (χ0v) is 52.6. The van der Waals surface area contributed by atoms with Crippen LogP contribution in [0.4, 0.5) is 0 Å². The first-order valence-electron chi connectivity index (χ1n) is 32.8. The van der Waals surface area contributed by atoms with E-state index < -0.39 is 0 Å². The summed E-state index contributed by atoms with van der Waals surface area (Å²) >= 11 is 0. The van der Waals surface area contributed by atoms with Crippen LogP contribution in [0.25, 0.3) is 171 Å². The molecule has 0 aliphatic carbocycles. The third kappa shape index (κ3) is 9.61. The summed E-state index contributed by atoms with van der Waals surface area (Å²) in [6.07, 6.45) is 0. The van der Waals surface area contributed by atoms with Crippen molar-refractivity contribution >= 4 is 65.4 Å². The number of hydrogen-bond donors (Lipinski definition) is 0. The molecule has 0 spiro atoms. The molecule has 97 heavy (non-hydrogen) atoms. The molecule has 0 aliphatic heterocycles. The third-order valence-corrected chi connectivity index (χ3v) is 19.5. The molecule has 0 bridgehead atoms. The van der Waals surface area contributed by atoms with Gasteiger partial charge < -0.3 is 13.7 Å². The molecule has 0 atom stereocenters. The van der Waals surface area contributed by atoms with Gasteiger partial charge in [0.05, 0.1) is 73.4 Å². The molecule has 0 unspecified atom stereocenters. The van der Waals surface area contributed by atoms with Gasteiger partial charge in [-0.2, -0.15) is 10.5 Å². The molecule has 3 aromatic heterocycles. The van der Waals surface area contributed by atoms with E-state index in [1.165, 1.54) is 0 Å². The van der Waals surface area contributed by atoms with Crippen molar-refractivity contribution in [2.24, 2.45) is 0 Å². The smallest absolute Gasteiger partial charge is 0.0991 e. The monoisotopic (exact) mass is 1230 g/mol. The summed E-state index contributed by atoms with van der Waals surface area (Å²) in [5, 5.41) is 27.9. The van der Waals surface area contributed by atoms with Gasteiger partial charge in [-0.05, 0) is 181 Å². The summed E-state index contributed by atoms with van der Waals surface area (Å²) in [6.45, 7) is 0. The molecule has 0 saturated heterocycles. The molecule has 15 aromatic carbocycles. The highest BCUT2D eigenvalue weighted by atomic mass is 15.1. The maximum atomic E-state index is 10.6. The SMILES string of the molecule is N#Cc1ccc(-c2c(-n3c4ccc(-c5ccccc5)cc4c4cc(-c5ccccc5)ccc43)cc(-n3c4ccc(-c5ccccc5)cc4c4cc(-c5ccccc5)ccc43)c(-c3ccc(C#N)cc3)c2-n2c3ccc(-c4ccccc4)cc3c3cc(-c4ccccc4)ccc32)cc1. The molecule has 0 saturated carbocycles. The molecular weight excluding hydrogens is 1180 g/mol. The standard InChI is InChI=1S/C92H57N5/c93-58-60-31-35-68(36-32-60)90-88(95-82-45-39-70(62-19-7-1-8-20-62)51-76(82)77-52-71(40-46-83(77)95)63-21-9-2-10-22-63)57-89(96-84-47-41-72(64-23-11-3-12-24-64)53-78(84)79-54-73(42-48-85(79)96)65-25-13-4-14-26-65)91(69-37-33-61(59-94)34-38-69)92(90)97-86-49-43-74(66-27-15-5-16-28-66)55-80(86)81-56-75(44-50-87(81)97)67-29-17-6-18-30-67/h1-57H. The maximum Gasteiger partial charge on any atom is 0.0991 e. The summed E-state index contributed by atoms with van der Waals surface area (Å²) in [5.74, 6) is 0. The van der Waals surface area contributed by atoms with Crippen LogP contribution < -0.4 is 0 Å². The lowest BCUT2D eigenvalue weighted by Crippen LogP contribution is -2.10. The van der Waals surface area contributed by atoms with Crippen molar-refractivity contribution < 1.29 is 0 Å². The number of nitrogens with zero attached hydrogens (tertiary/aromatic N) is 5. The molecule has 18 aromatic rings. The lowest BCUT2D eigenvalue weighted by molar-refractivity contribution is 1.10. The number of rotatable bonds is 11. The Morgan fingerprint density at radius 2 is 0.392 bits per heavy atom. The van der Waals surface area contributed by atoms with E-state index >= 15 is 0 Å². The molecule has 3 heterocycles. The summed E-state index contributed by atoms with van der Waals surface area (Å²) < 4.78 is 7.52. The molecule has 0 aliphatic rings. The first-order valence-corrected chi connectivity index (χ1v) is 32.8. The van der Waals surface area contributed by atoms with Gasteiger partial charge in [-0.3, -0.25) is 0 Å². The fourth-order valence-corrected chi connectivity index (χ4v) is 14.9. The zero-order valence-electron chi connectivity index (χ0n) is 52.6. The maximum absolute atomic E-state index is 10.6. The average Bonchev–Trinajstić information content (AvgIpc) is 1.66. The molecule has 18 rings (SSSR count). The van der Waals surface area contributed by atoms with Crippen LogP contribution >= 0.6 is 0 Å². The fourth-order valence-electron chi connectivity index (χ4n) is 14.9. The molecule has 450 valence electrons. The Morgan fingerprint density at radius 1 is 0.186 bits per heavy atom. The Hall–Kier alpha value is -13.3. The van der Waals surface area contributed by atoms with Crippen LogP contribution in [-0.4, -0.2) is 13.7 Å². The van der Waals surface area contributed by atoms with E-state index in [0.717, 1.165) is 171 Å². The van der Waals surface area contributed by atoms with Gasteiger partial charge in [-0.25, -0.2) is 0 Å². The van der Waals surface area contributed by atoms with Gasteiger partial charge in [0.2, 0.25) is 0 Å². The molecule has 0 fully saturated rings. The Balaban J connectivity index is 1.07. The lowest BCUT2D eigenvalue weighted by Gasteiger charge is -2.27. The van der Waals surface area contributed by atoms with E-state index in [4.69, 9.17) is 0 Å². The normalized spacial score (nSPS) is 11.5. The predicted molar refractivity (Wildman–Crippen MR) is 402 cm³/mol. The zero-order chi connectivity index (χ0) is 64.5. The highest BCUT2D eigenvalue weighted by molar-refractivity contribution is 6.17. The van der Waals surface area contributed by atoms with Crippen molar-refractivity contribution in [2.45, 2.75) is 0 Å². The molecule has 0 radical (unpaired) electrons. The number of nitriles is 2. The van der Waals surface area contributed by atoms with Crippen molar-refractivity contribution in [3.63, 3.8) is 0 Å². The van der Waals surface area contributed by atoms with Crippen LogP contribution in [0, 0.1) is 22.7 Å². The van der Waals surface area contributed by atoms with Gasteiger partial charge >= 0.3 is 0 Å². The highest BCUT2D eigenvalue weighted by Gasteiger charge is 2.31. The molecule has 0 N–H and O–H groups in total. The van der Waals surface area contributed by atoms with Gasteiger partial charge in [0.1, 0.15) is 0 Å². The quantitative estimate of drug-likeness (QED) is 0.130. The Bertz CT molecular complexity index is 5620. The van der Waals surface area contributed by atoms with Crippen LogP contribution in [0.2, 0.25) is 0 Å². The second-order valence-corrected chi connectivity index (χ2v) is 25.0. The largest absolute Gasteiger partial charge is 0.308 e. The fraction of sp³-hybridized carbons (Fsp3) is 0. The van der Waals surface area contributed by atoms with Crippen LogP contribution in [0.1, 0.15) is 11.1 Å². The first-order chi connectivity index (χ1) is 48.0. The van der Waals surface area contributed by atoms with E-state index in [0.29, 0.717) is 11.1 Å². The van der Waals surface area contributed by atoms with E-state index in [1.54, 1.807) is 0 Å². The van der Waals surface area contributed by atoms with Crippen molar-refractivity contribution in [1.29, 1.82) is 10.5 Å². The van der Waals surface area contributed by atoms with Crippen molar-refractivity contribution in [2.75, 3.05) is 0 Å². The minimum Gasteiger partial charge on any atom is -0.308 e. The van der Waals surface area contributed by atoms with Crippen LogP contribution in [0.15, 0.2) is 346 Å². The predicted octanol–water partition coefficient (Wildman–Crippen LogP) is 24.1. The number of hydrogen-bond acceptors (Lipinski definition) is 2. The molecular formula is C92H57N5. The van der Waals surface area contributed by atoms with Gasteiger partial charge in [0.15, 0.2) is 0 Å². The van der Waals surface area contributed by atoms with Gasteiger partial charge in [0, 0.05) is 43.4 Å². The molecule has 5 nitrogen and oxygen atoms in total. The van der Waals surface area contributed by atoms with Crippen molar-refractivity contribution in [3.8, 4) is 118 Å². The Kier molecular flexibility index (Phi) is 13.6. The third-order valence-electron chi connectivity index (χ3n) is 19.5. The van der Waals surface area contributed by atoms with Gasteiger partial charge in [-0.15, -0.1) is 0 Å². The summed E-state index contributed by atoms with van der Waals surface area (Å²) in [4.78, 5) is 0. The molecule has 5 heteroatoms. The van der Waals surface area contributed by atoms with E-state index in [9.17, 15) is 10.5 Å². The van der Waals surface area contributed by atoms with E-state index in [-0.39, 0.29) is 0 Å². The van der Waals surface area contributed by atoms with Crippen molar-refractivity contribution in [3.05, 3.63) is 357 Å². The van der Waals surface area contributed by atoms with Gasteiger partial charge in [-0.1, -0.05) is 243 Å². The second kappa shape index (κ2) is 23.4. The topological polar surface area (TPSA) is 62.4 Å². The summed E-state index contributed by atoms with van der Waals surface area (Å²) in [7, 11) is 0. The van der Waals surface area contributed by atoms with Crippen LogP contribution in [0.5, 0.6) is 0 Å². The Labute approximate surface area is 561 Å². The minimum absolute atomic E-state index is 0.559. The summed E-state index contributed by atoms with van der Waals surface area (Å²) in [6, 6.07) is 129. The average molecular weight is 1230 g/mol. The number of fused-ring (bicyclic) bond motifs is 9. The minimum atomic E-state index is 0.559. The highest BCUT2D eigenvalue weighted by Crippen LogP contribution is 2.52. The van der Waals surface area contributed by atoms with Gasteiger partial charge in [0.25, 0.3) is 0 Å². The number of benzene rings is 15. The molecule has 0 amide bonds.